The molecule has 1 saturated carbocycles. The second kappa shape index (κ2) is 6.36. The van der Waals surface area contributed by atoms with Crippen molar-refractivity contribution in [3.8, 4) is 0 Å². The number of carboxylic acid groups (broad SMARTS) is 1. The molecule has 8 nitrogen and oxygen atoms in total. The van der Waals surface area contributed by atoms with Crippen LogP contribution < -0.4 is 10.6 Å². The van der Waals surface area contributed by atoms with Gasteiger partial charge in [0.2, 0.25) is 0 Å². The molecule has 0 bridgehead atoms. The third-order valence-electron chi connectivity index (χ3n) is 3.54. The van der Waals surface area contributed by atoms with Crippen molar-refractivity contribution in [3.63, 3.8) is 0 Å². The van der Waals surface area contributed by atoms with Crippen molar-refractivity contribution in [1.29, 1.82) is 0 Å². The van der Waals surface area contributed by atoms with E-state index in [1.807, 2.05) is 0 Å². The van der Waals surface area contributed by atoms with Crippen LogP contribution in [-0.4, -0.2) is 44.4 Å². The molecule has 0 aliphatic heterocycles. The smallest absolute Gasteiger partial charge is 0.315 e. The van der Waals surface area contributed by atoms with E-state index >= 15 is 0 Å². The van der Waals surface area contributed by atoms with Gasteiger partial charge in [-0.05, 0) is 12.8 Å². The van der Waals surface area contributed by atoms with E-state index in [1.165, 1.54) is 6.33 Å². The molecule has 1 fully saturated rings. The summed E-state index contributed by atoms with van der Waals surface area (Å²) < 4.78 is 0. The molecule has 2 amide bonds. The van der Waals surface area contributed by atoms with Crippen molar-refractivity contribution in [3.05, 3.63) is 12.2 Å². The van der Waals surface area contributed by atoms with Crippen LogP contribution in [0.15, 0.2) is 6.33 Å². The van der Waals surface area contributed by atoms with Crippen LogP contribution in [0.2, 0.25) is 0 Å². The minimum Gasteiger partial charge on any atom is -0.481 e. The molecule has 110 valence electrons. The van der Waals surface area contributed by atoms with Gasteiger partial charge in [0.05, 0.1) is 12.0 Å². The molecule has 0 spiro atoms. The highest BCUT2D eigenvalue weighted by molar-refractivity contribution is 5.76. The van der Waals surface area contributed by atoms with Crippen LogP contribution in [0.25, 0.3) is 0 Å². The molecular weight excluding hydrogens is 262 g/mol. The van der Waals surface area contributed by atoms with Gasteiger partial charge >= 0.3 is 12.0 Å². The van der Waals surface area contributed by atoms with Crippen LogP contribution in [0.5, 0.6) is 0 Å². The Bertz CT molecular complexity index is 454. The summed E-state index contributed by atoms with van der Waals surface area (Å²) >= 11 is 0. The summed E-state index contributed by atoms with van der Waals surface area (Å²) in [6, 6.07) is -0.326. The predicted octanol–water partition coefficient (Wildman–Crippen LogP) is 0.434. The second-order valence-corrected chi connectivity index (χ2v) is 5.12. The Kier molecular flexibility index (Phi) is 4.54. The molecule has 20 heavy (non-hydrogen) atoms. The summed E-state index contributed by atoms with van der Waals surface area (Å²) in [5.74, 6) is -0.180. The number of carbonyl (C=O) groups excluding carboxylic acids is 1. The average molecular weight is 281 g/mol. The first-order chi connectivity index (χ1) is 9.60. The molecule has 0 aromatic carbocycles. The molecule has 4 N–H and O–H groups in total. The molecule has 1 aromatic rings. The fourth-order valence-corrected chi connectivity index (χ4v) is 2.62. The maximum Gasteiger partial charge on any atom is 0.315 e. The fraction of sp³-hybridized carbons (Fsp3) is 0.667. The van der Waals surface area contributed by atoms with Crippen LogP contribution in [0.4, 0.5) is 4.79 Å². The maximum atomic E-state index is 11.9. The van der Waals surface area contributed by atoms with E-state index < -0.39 is 11.5 Å². The largest absolute Gasteiger partial charge is 0.481 e. The highest BCUT2D eigenvalue weighted by atomic mass is 16.4. The monoisotopic (exact) mass is 281 g/mol. The Morgan fingerprint density at radius 1 is 1.40 bits per heavy atom. The van der Waals surface area contributed by atoms with Crippen molar-refractivity contribution < 1.29 is 14.7 Å². The van der Waals surface area contributed by atoms with E-state index in [-0.39, 0.29) is 12.5 Å². The van der Waals surface area contributed by atoms with Gasteiger partial charge in [-0.1, -0.05) is 12.8 Å². The number of amides is 2. The van der Waals surface area contributed by atoms with Gasteiger partial charge in [-0.2, -0.15) is 5.10 Å². The standard InChI is InChI=1S/C12H19N5O3/c18-10(19)7-12(4-1-2-5-12)16-11(20)13-6-3-9-14-8-15-17-9/h8H,1-7H2,(H,18,19)(H2,13,16,20)(H,14,15,17). The van der Waals surface area contributed by atoms with E-state index in [0.29, 0.717) is 18.8 Å². The molecule has 1 aromatic heterocycles. The summed E-state index contributed by atoms with van der Waals surface area (Å²) in [4.78, 5) is 26.7. The number of nitrogens with zero attached hydrogens (tertiary/aromatic N) is 2. The first-order valence-corrected chi connectivity index (χ1v) is 6.72. The minimum absolute atomic E-state index is 0.0253. The molecule has 1 heterocycles. The summed E-state index contributed by atoms with van der Waals surface area (Å²) in [7, 11) is 0. The molecular formula is C12H19N5O3. The van der Waals surface area contributed by atoms with Crippen LogP contribution in [0.3, 0.4) is 0 Å². The number of H-pyrrole nitrogens is 1. The lowest BCUT2D eigenvalue weighted by Gasteiger charge is -2.28. The Morgan fingerprint density at radius 3 is 2.75 bits per heavy atom. The van der Waals surface area contributed by atoms with Gasteiger partial charge in [0.15, 0.2) is 0 Å². The first-order valence-electron chi connectivity index (χ1n) is 6.72. The first kappa shape index (κ1) is 14.3. The topological polar surface area (TPSA) is 120 Å². The number of aromatic nitrogens is 3. The number of carboxylic acids is 1. The molecule has 0 atom stereocenters. The normalized spacial score (nSPS) is 16.8. The SMILES string of the molecule is O=C(O)CC1(NC(=O)NCCc2ncn[nH]2)CCCC1. The van der Waals surface area contributed by atoms with E-state index in [1.54, 1.807) is 0 Å². The van der Waals surface area contributed by atoms with Crippen LogP contribution in [-0.2, 0) is 11.2 Å². The molecule has 2 rings (SSSR count). The maximum absolute atomic E-state index is 11.9. The number of aliphatic carboxylic acids is 1. The quantitative estimate of drug-likeness (QED) is 0.603. The zero-order valence-electron chi connectivity index (χ0n) is 11.2. The zero-order valence-corrected chi connectivity index (χ0v) is 11.2. The van der Waals surface area contributed by atoms with Gasteiger partial charge in [-0.25, -0.2) is 9.78 Å². The van der Waals surface area contributed by atoms with Crippen LogP contribution in [0.1, 0.15) is 37.9 Å². The summed E-state index contributed by atoms with van der Waals surface area (Å²) in [5.41, 5.74) is -0.595. The summed E-state index contributed by atoms with van der Waals surface area (Å²) in [6.07, 6.45) is 5.28. The predicted molar refractivity (Wildman–Crippen MR) is 70.1 cm³/mol. The fourth-order valence-electron chi connectivity index (χ4n) is 2.62. The molecule has 8 heteroatoms. The van der Waals surface area contributed by atoms with E-state index in [2.05, 4.69) is 25.8 Å². The summed E-state index contributed by atoms with van der Waals surface area (Å²) in [5, 5.41) is 20.9. The van der Waals surface area contributed by atoms with Crippen molar-refractivity contribution in [1.82, 2.24) is 25.8 Å². The van der Waals surface area contributed by atoms with Gasteiger partial charge in [-0.3, -0.25) is 9.89 Å². The highest BCUT2D eigenvalue weighted by Crippen LogP contribution is 2.32. The lowest BCUT2D eigenvalue weighted by atomic mass is 9.93. The van der Waals surface area contributed by atoms with Gasteiger partial charge in [0.1, 0.15) is 12.2 Å². The van der Waals surface area contributed by atoms with Crippen molar-refractivity contribution >= 4 is 12.0 Å². The Morgan fingerprint density at radius 2 is 2.15 bits per heavy atom. The minimum atomic E-state index is -0.881. The average Bonchev–Trinajstić information content (AvgIpc) is 3.00. The number of urea groups is 1. The third-order valence-corrected chi connectivity index (χ3v) is 3.54. The Hall–Kier alpha value is -2.12. The van der Waals surface area contributed by atoms with Gasteiger partial charge in [0, 0.05) is 13.0 Å². The van der Waals surface area contributed by atoms with E-state index in [4.69, 9.17) is 5.11 Å². The number of carbonyl (C=O) groups is 2. The number of rotatable bonds is 6. The number of hydrogen-bond acceptors (Lipinski definition) is 4. The lowest BCUT2D eigenvalue weighted by molar-refractivity contribution is -0.138. The van der Waals surface area contributed by atoms with E-state index in [0.717, 1.165) is 25.7 Å². The third kappa shape index (κ3) is 3.94. The zero-order chi connectivity index (χ0) is 14.4. The van der Waals surface area contributed by atoms with Gasteiger partial charge in [0.25, 0.3) is 0 Å². The Labute approximate surface area is 116 Å². The van der Waals surface area contributed by atoms with Gasteiger partial charge in [-0.15, -0.1) is 0 Å². The lowest BCUT2D eigenvalue weighted by Crippen LogP contribution is -2.51. The van der Waals surface area contributed by atoms with Crippen molar-refractivity contribution in [2.75, 3.05) is 6.54 Å². The molecule has 0 unspecified atom stereocenters. The molecule has 0 radical (unpaired) electrons. The van der Waals surface area contributed by atoms with E-state index in [9.17, 15) is 9.59 Å². The van der Waals surface area contributed by atoms with Gasteiger partial charge < -0.3 is 15.7 Å². The van der Waals surface area contributed by atoms with Crippen LogP contribution >= 0.6 is 0 Å². The van der Waals surface area contributed by atoms with Crippen LogP contribution in [0, 0.1) is 0 Å². The Balaban J connectivity index is 1.78. The second-order valence-electron chi connectivity index (χ2n) is 5.12. The summed E-state index contributed by atoms with van der Waals surface area (Å²) in [6.45, 7) is 0.421. The number of aromatic amines is 1. The van der Waals surface area contributed by atoms with Crippen molar-refractivity contribution in [2.45, 2.75) is 44.1 Å². The highest BCUT2D eigenvalue weighted by Gasteiger charge is 2.37. The number of nitrogens with one attached hydrogen (secondary N) is 3. The number of hydrogen-bond donors (Lipinski definition) is 4. The molecule has 1 aliphatic rings. The molecule has 0 saturated heterocycles. The molecule has 1 aliphatic carbocycles. The van der Waals surface area contributed by atoms with Crippen molar-refractivity contribution in [2.24, 2.45) is 0 Å².